The van der Waals surface area contributed by atoms with Gasteiger partial charge in [-0.3, -0.25) is 0 Å². The van der Waals surface area contributed by atoms with Gasteiger partial charge < -0.3 is 19.4 Å². The zero-order chi connectivity index (χ0) is 11.7. The molecule has 0 saturated carbocycles. The number of nitrogens with two attached hydrogens (primary N) is 1. The summed E-state index contributed by atoms with van der Waals surface area (Å²) in [4.78, 5) is 4.31. The van der Waals surface area contributed by atoms with Gasteiger partial charge in [-0.15, -0.1) is 0 Å². The fourth-order valence-electron chi connectivity index (χ4n) is 1.86. The fourth-order valence-corrected chi connectivity index (χ4v) is 1.86. The highest BCUT2D eigenvalue weighted by Gasteiger charge is 2.23. The van der Waals surface area contributed by atoms with Gasteiger partial charge in [-0.25, -0.2) is 0 Å². The summed E-state index contributed by atoms with van der Waals surface area (Å²) >= 11 is 0. The summed E-state index contributed by atoms with van der Waals surface area (Å²) in [6, 6.07) is 1.80. The molecule has 0 radical (unpaired) electrons. The molecule has 90 valence electrons. The van der Waals surface area contributed by atoms with Crippen LogP contribution in [0.1, 0.15) is 30.5 Å². The van der Waals surface area contributed by atoms with Crippen molar-refractivity contribution in [2.24, 2.45) is 5.73 Å². The van der Waals surface area contributed by atoms with Crippen molar-refractivity contribution in [3.05, 3.63) is 23.9 Å². The highest BCUT2D eigenvalue weighted by Crippen LogP contribution is 2.28. The molecule has 1 aliphatic heterocycles. The molecular formula is C11H13N3O3. The van der Waals surface area contributed by atoms with Crippen LogP contribution in [0.3, 0.4) is 0 Å². The molecule has 1 fully saturated rings. The molecule has 0 aromatic carbocycles. The quantitative estimate of drug-likeness (QED) is 0.870. The average molecular weight is 235 g/mol. The van der Waals surface area contributed by atoms with E-state index in [1.54, 1.807) is 12.3 Å². The van der Waals surface area contributed by atoms with E-state index in [1.807, 2.05) is 0 Å². The highest BCUT2D eigenvalue weighted by molar-refractivity contribution is 5.51. The van der Waals surface area contributed by atoms with Crippen molar-refractivity contribution in [3.8, 4) is 11.5 Å². The van der Waals surface area contributed by atoms with Crippen LogP contribution in [0.5, 0.6) is 0 Å². The number of hydrogen-bond acceptors (Lipinski definition) is 6. The van der Waals surface area contributed by atoms with Crippen LogP contribution in [0.2, 0.25) is 0 Å². The Labute approximate surface area is 97.7 Å². The number of ether oxygens (including phenoxy) is 1. The molecule has 3 heterocycles. The van der Waals surface area contributed by atoms with Crippen LogP contribution in [-0.2, 0) is 11.3 Å². The Morgan fingerprint density at radius 1 is 1.47 bits per heavy atom. The lowest BCUT2D eigenvalue weighted by Crippen LogP contribution is -1.97. The van der Waals surface area contributed by atoms with Gasteiger partial charge in [0.1, 0.15) is 18.1 Å². The molecule has 1 saturated heterocycles. The van der Waals surface area contributed by atoms with Crippen LogP contribution in [0.25, 0.3) is 11.5 Å². The van der Waals surface area contributed by atoms with Crippen molar-refractivity contribution in [2.75, 3.05) is 6.61 Å². The monoisotopic (exact) mass is 235 g/mol. The normalized spacial score (nSPS) is 19.9. The van der Waals surface area contributed by atoms with E-state index in [0.717, 1.165) is 25.0 Å². The van der Waals surface area contributed by atoms with Crippen LogP contribution < -0.4 is 5.73 Å². The van der Waals surface area contributed by atoms with E-state index in [1.165, 1.54) is 0 Å². The molecule has 1 atom stereocenters. The molecule has 1 aliphatic rings. The van der Waals surface area contributed by atoms with Crippen molar-refractivity contribution < 1.29 is 13.7 Å². The minimum atomic E-state index is -0.0339. The lowest BCUT2D eigenvalue weighted by atomic mass is 10.2. The largest absolute Gasteiger partial charge is 0.467 e. The molecule has 2 aromatic heterocycles. The molecule has 17 heavy (non-hydrogen) atoms. The van der Waals surface area contributed by atoms with Crippen molar-refractivity contribution in [2.45, 2.75) is 25.5 Å². The highest BCUT2D eigenvalue weighted by atomic mass is 16.5. The second-order valence-corrected chi connectivity index (χ2v) is 3.97. The predicted molar refractivity (Wildman–Crippen MR) is 57.8 cm³/mol. The average Bonchev–Trinajstić information content (AvgIpc) is 3.09. The summed E-state index contributed by atoms with van der Waals surface area (Å²) in [6.07, 6.45) is 3.51. The number of nitrogens with zero attached hydrogens (tertiary/aromatic N) is 2. The topological polar surface area (TPSA) is 87.3 Å². The van der Waals surface area contributed by atoms with Crippen molar-refractivity contribution in [1.82, 2.24) is 10.1 Å². The Morgan fingerprint density at radius 3 is 3.12 bits per heavy atom. The lowest BCUT2D eigenvalue weighted by Gasteiger charge is -2.00. The van der Waals surface area contributed by atoms with E-state index in [0.29, 0.717) is 24.0 Å². The first-order chi connectivity index (χ1) is 8.36. The second kappa shape index (κ2) is 4.31. The molecule has 3 rings (SSSR count). The smallest absolute Gasteiger partial charge is 0.261 e. The zero-order valence-corrected chi connectivity index (χ0v) is 9.26. The van der Waals surface area contributed by atoms with Crippen LogP contribution in [-0.4, -0.2) is 16.7 Å². The minimum absolute atomic E-state index is 0.0339. The minimum Gasteiger partial charge on any atom is -0.467 e. The van der Waals surface area contributed by atoms with Gasteiger partial charge in [-0.1, -0.05) is 5.16 Å². The molecule has 2 aromatic rings. The molecular weight excluding hydrogens is 222 g/mol. The maximum Gasteiger partial charge on any atom is 0.261 e. The van der Waals surface area contributed by atoms with E-state index in [4.69, 9.17) is 19.4 Å². The molecule has 1 unspecified atom stereocenters. The maximum absolute atomic E-state index is 5.49. The first-order valence-electron chi connectivity index (χ1n) is 5.60. The van der Waals surface area contributed by atoms with Gasteiger partial charge in [0.05, 0.1) is 12.1 Å². The molecule has 0 spiro atoms. The van der Waals surface area contributed by atoms with Gasteiger partial charge in [-0.2, -0.15) is 4.98 Å². The number of furan rings is 1. The lowest BCUT2D eigenvalue weighted by molar-refractivity contribution is 0.103. The molecule has 0 bridgehead atoms. The third kappa shape index (κ3) is 1.96. The predicted octanol–water partition coefficient (Wildman–Crippen LogP) is 1.64. The zero-order valence-electron chi connectivity index (χ0n) is 9.26. The number of aromatic nitrogens is 2. The van der Waals surface area contributed by atoms with Crippen molar-refractivity contribution in [3.63, 3.8) is 0 Å². The van der Waals surface area contributed by atoms with Gasteiger partial charge in [0.25, 0.3) is 5.89 Å². The van der Waals surface area contributed by atoms with E-state index in [2.05, 4.69) is 10.1 Å². The van der Waals surface area contributed by atoms with E-state index in [9.17, 15) is 0 Å². The van der Waals surface area contributed by atoms with Gasteiger partial charge in [-0.05, 0) is 18.9 Å². The van der Waals surface area contributed by atoms with Crippen molar-refractivity contribution in [1.29, 1.82) is 0 Å². The van der Waals surface area contributed by atoms with Gasteiger partial charge in [0.15, 0.2) is 0 Å². The SMILES string of the molecule is NCc1cc(-c2nc(C3CCCO3)no2)co1. The third-order valence-electron chi connectivity index (χ3n) is 2.76. The van der Waals surface area contributed by atoms with Crippen LogP contribution >= 0.6 is 0 Å². The fraction of sp³-hybridized carbons (Fsp3) is 0.455. The van der Waals surface area contributed by atoms with Crippen LogP contribution in [0.15, 0.2) is 21.3 Å². The molecule has 6 nitrogen and oxygen atoms in total. The number of rotatable bonds is 3. The summed E-state index contributed by atoms with van der Waals surface area (Å²) < 4.78 is 15.9. The van der Waals surface area contributed by atoms with Crippen molar-refractivity contribution >= 4 is 0 Å². The summed E-state index contributed by atoms with van der Waals surface area (Å²) in [5.74, 6) is 1.74. The van der Waals surface area contributed by atoms with E-state index >= 15 is 0 Å². The molecule has 2 N–H and O–H groups in total. The van der Waals surface area contributed by atoms with Gasteiger partial charge >= 0.3 is 0 Å². The summed E-state index contributed by atoms with van der Waals surface area (Å²) in [5, 5.41) is 3.93. The summed E-state index contributed by atoms with van der Waals surface area (Å²) in [7, 11) is 0. The Hall–Kier alpha value is -1.66. The van der Waals surface area contributed by atoms with Gasteiger partial charge in [0.2, 0.25) is 5.82 Å². The Balaban J connectivity index is 1.83. The first-order valence-corrected chi connectivity index (χ1v) is 5.60. The molecule has 0 amide bonds. The summed E-state index contributed by atoms with van der Waals surface area (Å²) in [5.41, 5.74) is 6.22. The standard InChI is InChI=1S/C11H13N3O3/c12-5-8-4-7(6-16-8)11-13-10(14-17-11)9-2-1-3-15-9/h4,6,9H,1-3,5,12H2. The molecule has 0 aliphatic carbocycles. The van der Waals surface area contributed by atoms with E-state index in [-0.39, 0.29) is 6.10 Å². The third-order valence-corrected chi connectivity index (χ3v) is 2.76. The second-order valence-electron chi connectivity index (χ2n) is 3.97. The van der Waals surface area contributed by atoms with Crippen LogP contribution in [0, 0.1) is 0 Å². The number of hydrogen-bond donors (Lipinski definition) is 1. The Morgan fingerprint density at radius 2 is 2.41 bits per heavy atom. The maximum atomic E-state index is 5.49. The van der Waals surface area contributed by atoms with Gasteiger partial charge in [0, 0.05) is 6.61 Å². The summed E-state index contributed by atoms with van der Waals surface area (Å²) in [6.45, 7) is 1.12. The Kier molecular flexibility index (Phi) is 2.66. The molecule has 6 heteroatoms. The van der Waals surface area contributed by atoms with Crippen LogP contribution in [0.4, 0.5) is 0 Å². The van der Waals surface area contributed by atoms with E-state index < -0.39 is 0 Å². The first kappa shape index (κ1) is 10.5. The Bertz CT molecular complexity index is 500.